The molecule has 0 amide bonds. The fraction of sp³-hybridized carbons (Fsp3) is 0.0909. The van der Waals surface area contributed by atoms with Crippen molar-refractivity contribution in [1.29, 1.82) is 0 Å². The molecule has 1 heteroatoms. The Morgan fingerprint density at radius 2 is 1.22 bits per heavy atom. The van der Waals surface area contributed by atoms with Gasteiger partial charge in [0, 0.05) is 18.3 Å². The number of hydrogen-bond donors (Lipinski definition) is 0. The zero-order valence-corrected chi connectivity index (χ0v) is 13.2. The van der Waals surface area contributed by atoms with Gasteiger partial charge in [0.1, 0.15) is 6.04 Å². The first-order valence-corrected chi connectivity index (χ1v) is 7.74. The maximum absolute atomic E-state index is 3.43. The van der Waals surface area contributed by atoms with Crippen LogP contribution in [-0.2, 0) is 0 Å². The summed E-state index contributed by atoms with van der Waals surface area (Å²) < 4.78 is 0. The summed E-state index contributed by atoms with van der Waals surface area (Å²) in [5, 5.41) is 0. The normalized spacial score (nSPS) is 11.2. The van der Waals surface area contributed by atoms with Crippen molar-refractivity contribution in [1.82, 2.24) is 0 Å². The molecule has 112 valence electrons. The molecular formula is C22H19N. The van der Waals surface area contributed by atoms with Crippen LogP contribution < -0.4 is 4.90 Å². The number of para-hydroxylation sites is 1. The molecule has 0 bridgehead atoms. The third kappa shape index (κ3) is 3.81. The van der Waals surface area contributed by atoms with Crippen LogP contribution in [-0.4, -0.2) is 7.05 Å². The van der Waals surface area contributed by atoms with Crippen molar-refractivity contribution in [3.05, 3.63) is 102 Å². The monoisotopic (exact) mass is 297 g/mol. The zero-order chi connectivity index (χ0) is 15.9. The Hall–Kier alpha value is -2.98. The van der Waals surface area contributed by atoms with Crippen LogP contribution in [0, 0.1) is 11.8 Å². The molecule has 0 aliphatic carbocycles. The molecule has 0 radical (unpaired) electrons. The van der Waals surface area contributed by atoms with E-state index in [1.165, 1.54) is 5.56 Å². The molecule has 0 aromatic heterocycles. The van der Waals surface area contributed by atoms with Gasteiger partial charge in [-0.15, -0.1) is 0 Å². The van der Waals surface area contributed by atoms with Gasteiger partial charge in [-0.3, -0.25) is 0 Å². The summed E-state index contributed by atoms with van der Waals surface area (Å²) in [5.74, 6) is 6.73. The van der Waals surface area contributed by atoms with Crippen LogP contribution in [0.1, 0.15) is 17.2 Å². The predicted octanol–water partition coefficient (Wildman–Crippen LogP) is 4.92. The van der Waals surface area contributed by atoms with Gasteiger partial charge in [0.15, 0.2) is 0 Å². The Bertz CT molecular complexity index is 783. The molecule has 1 unspecified atom stereocenters. The SMILES string of the molecule is CN(c1ccccc1)C(C#Cc1ccccc1)c1ccccc1. The summed E-state index contributed by atoms with van der Waals surface area (Å²) in [7, 11) is 2.09. The quantitative estimate of drug-likeness (QED) is 0.620. The lowest BCUT2D eigenvalue weighted by Gasteiger charge is -2.26. The summed E-state index contributed by atoms with van der Waals surface area (Å²) in [6.07, 6.45) is 0. The second kappa shape index (κ2) is 7.33. The van der Waals surface area contributed by atoms with Gasteiger partial charge < -0.3 is 4.90 Å². The van der Waals surface area contributed by atoms with Crippen molar-refractivity contribution >= 4 is 5.69 Å². The van der Waals surface area contributed by atoms with Crippen LogP contribution in [0.2, 0.25) is 0 Å². The van der Waals surface area contributed by atoms with Gasteiger partial charge in [0.05, 0.1) is 0 Å². The Morgan fingerprint density at radius 1 is 0.696 bits per heavy atom. The maximum Gasteiger partial charge on any atom is 0.116 e. The second-order valence-corrected chi connectivity index (χ2v) is 5.40. The maximum atomic E-state index is 3.43. The van der Waals surface area contributed by atoms with Gasteiger partial charge in [-0.05, 0) is 29.8 Å². The lowest BCUT2D eigenvalue weighted by Crippen LogP contribution is -2.22. The van der Waals surface area contributed by atoms with Gasteiger partial charge in [-0.2, -0.15) is 0 Å². The summed E-state index contributed by atoms with van der Waals surface area (Å²) in [4.78, 5) is 2.21. The molecule has 1 nitrogen and oxygen atoms in total. The van der Waals surface area contributed by atoms with Gasteiger partial charge in [0.2, 0.25) is 0 Å². The first kappa shape index (κ1) is 14.9. The van der Waals surface area contributed by atoms with E-state index >= 15 is 0 Å². The molecule has 1 atom stereocenters. The second-order valence-electron chi connectivity index (χ2n) is 5.40. The largest absolute Gasteiger partial charge is 0.357 e. The average molecular weight is 297 g/mol. The van der Waals surface area contributed by atoms with E-state index in [1.807, 2.05) is 42.5 Å². The molecule has 0 N–H and O–H groups in total. The van der Waals surface area contributed by atoms with E-state index in [-0.39, 0.29) is 6.04 Å². The number of hydrogen-bond acceptors (Lipinski definition) is 1. The van der Waals surface area contributed by atoms with E-state index in [0.29, 0.717) is 0 Å². The van der Waals surface area contributed by atoms with Crippen molar-refractivity contribution < 1.29 is 0 Å². The molecule has 0 aliphatic rings. The third-order valence-electron chi connectivity index (χ3n) is 3.79. The Kier molecular flexibility index (Phi) is 4.76. The Labute approximate surface area is 138 Å². The molecule has 0 heterocycles. The lowest BCUT2D eigenvalue weighted by atomic mass is 10.0. The van der Waals surface area contributed by atoms with E-state index < -0.39 is 0 Å². The van der Waals surface area contributed by atoms with E-state index in [0.717, 1.165) is 11.3 Å². The minimum absolute atomic E-state index is 0.0128. The highest BCUT2D eigenvalue weighted by atomic mass is 15.1. The fourth-order valence-electron chi connectivity index (χ4n) is 2.52. The number of rotatable bonds is 3. The van der Waals surface area contributed by atoms with Crippen LogP contribution >= 0.6 is 0 Å². The van der Waals surface area contributed by atoms with Crippen LogP contribution in [0.3, 0.4) is 0 Å². The van der Waals surface area contributed by atoms with E-state index in [9.17, 15) is 0 Å². The first-order chi connectivity index (χ1) is 11.3. The van der Waals surface area contributed by atoms with Crippen LogP contribution in [0.4, 0.5) is 5.69 Å². The van der Waals surface area contributed by atoms with Gasteiger partial charge in [-0.25, -0.2) is 0 Å². The lowest BCUT2D eigenvalue weighted by molar-refractivity contribution is 0.834. The Balaban J connectivity index is 1.97. The molecule has 0 spiro atoms. The molecule has 3 aromatic carbocycles. The summed E-state index contributed by atoms with van der Waals surface area (Å²) in [6.45, 7) is 0. The molecule has 0 aliphatic heterocycles. The smallest absolute Gasteiger partial charge is 0.116 e. The molecule has 23 heavy (non-hydrogen) atoms. The molecular weight excluding hydrogens is 278 g/mol. The summed E-state index contributed by atoms with van der Waals surface area (Å²) in [5.41, 5.74) is 3.39. The molecule has 3 aromatic rings. The highest BCUT2D eigenvalue weighted by Gasteiger charge is 2.14. The average Bonchev–Trinajstić information content (AvgIpc) is 2.64. The van der Waals surface area contributed by atoms with Crippen LogP contribution in [0.25, 0.3) is 0 Å². The van der Waals surface area contributed by atoms with Crippen molar-refractivity contribution in [2.24, 2.45) is 0 Å². The van der Waals surface area contributed by atoms with Gasteiger partial charge >= 0.3 is 0 Å². The van der Waals surface area contributed by atoms with Crippen molar-refractivity contribution in [2.75, 3.05) is 11.9 Å². The standard InChI is InChI=1S/C22H19N/c1-23(21-15-9-4-10-16-21)22(20-13-7-3-8-14-20)18-17-19-11-5-2-6-12-19/h2-16,22H,1H3. The third-order valence-corrected chi connectivity index (χ3v) is 3.79. The van der Waals surface area contributed by atoms with E-state index in [1.54, 1.807) is 0 Å². The minimum atomic E-state index is 0.0128. The molecule has 0 saturated heterocycles. The summed E-state index contributed by atoms with van der Waals surface area (Å²) in [6, 6.07) is 30.9. The topological polar surface area (TPSA) is 3.24 Å². The molecule has 0 fully saturated rings. The van der Waals surface area contributed by atoms with Crippen molar-refractivity contribution in [2.45, 2.75) is 6.04 Å². The molecule has 0 saturated carbocycles. The van der Waals surface area contributed by atoms with Gasteiger partial charge in [-0.1, -0.05) is 78.6 Å². The summed E-state index contributed by atoms with van der Waals surface area (Å²) >= 11 is 0. The molecule has 3 rings (SSSR count). The predicted molar refractivity (Wildman–Crippen MR) is 97.3 cm³/mol. The van der Waals surface area contributed by atoms with Crippen molar-refractivity contribution in [3.63, 3.8) is 0 Å². The zero-order valence-electron chi connectivity index (χ0n) is 13.2. The number of nitrogens with zero attached hydrogens (tertiary/aromatic N) is 1. The highest BCUT2D eigenvalue weighted by molar-refractivity contribution is 5.51. The van der Waals surface area contributed by atoms with E-state index in [2.05, 4.69) is 72.3 Å². The fourth-order valence-corrected chi connectivity index (χ4v) is 2.52. The Morgan fingerprint density at radius 3 is 1.83 bits per heavy atom. The number of anilines is 1. The van der Waals surface area contributed by atoms with Crippen LogP contribution in [0.15, 0.2) is 91.0 Å². The first-order valence-electron chi connectivity index (χ1n) is 7.74. The van der Waals surface area contributed by atoms with Gasteiger partial charge in [0.25, 0.3) is 0 Å². The number of benzene rings is 3. The highest BCUT2D eigenvalue weighted by Crippen LogP contribution is 2.24. The van der Waals surface area contributed by atoms with Crippen molar-refractivity contribution in [3.8, 4) is 11.8 Å². The minimum Gasteiger partial charge on any atom is -0.357 e. The van der Waals surface area contributed by atoms with E-state index in [4.69, 9.17) is 0 Å². The van der Waals surface area contributed by atoms with Crippen LogP contribution in [0.5, 0.6) is 0 Å².